The molecular formula is C26H23BrN4O5S2. The Hall–Kier alpha value is -3.74. The maximum Gasteiger partial charge on any atom is 0.264 e. The Labute approximate surface area is 229 Å². The van der Waals surface area contributed by atoms with Gasteiger partial charge >= 0.3 is 0 Å². The number of sulfonamides is 2. The van der Waals surface area contributed by atoms with Gasteiger partial charge in [0, 0.05) is 16.4 Å². The monoisotopic (exact) mass is 614 g/mol. The van der Waals surface area contributed by atoms with E-state index in [1.165, 1.54) is 48.7 Å². The zero-order chi connectivity index (χ0) is 27.3. The number of hydrogen-bond acceptors (Lipinski definition) is 6. The van der Waals surface area contributed by atoms with Crippen molar-refractivity contribution in [3.05, 3.63) is 107 Å². The van der Waals surface area contributed by atoms with Crippen molar-refractivity contribution in [3.8, 4) is 0 Å². The molecule has 0 aliphatic heterocycles. The van der Waals surface area contributed by atoms with Crippen molar-refractivity contribution in [2.45, 2.75) is 16.7 Å². The minimum Gasteiger partial charge on any atom is -0.325 e. The fraction of sp³-hybridized carbons (Fsp3) is 0.0769. The Balaban J connectivity index is 1.53. The predicted molar refractivity (Wildman–Crippen MR) is 150 cm³/mol. The molecule has 1 amide bonds. The first kappa shape index (κ1) is 27.3. The summed E-state index contributed by atoms with van der Waals surface area (Å²) in [5.41, 5.74) is 1.50. The predicted octanol–water partition coefficient (Wildman–Crippen LogP) is 4.79. The number of nitrogens with one attached hydrogen (secondary N) is 2. The van der Waals surface area contributed by atoms with Crippen LogP contribution in [0.3, 0.4) is 0 Å². The molecule has 0 aliphatic rings. The van der Waals surface area contributed by atoms with Gasteiger partial charge in [0.05, 0.1) is 15.5 Å². The van der Waals surface area contributed by atoms with Gasteiger partial charge in [-0.15, -0.1) is 0 Å². The van der Waals surface area contributed by atoms with Crippen molar-refractivity contribution >= 4 is 59.1 Å². The van der Waals surface area contributed by atoms with E-state index < -0.39 is 32.5 Å². The molecule has 1 heterocycles. The molecule has 38 heavy (non-hydrogen) atoms. The van der Waals surface area contributed by atoms with E-state index in [0.717, 1.165) is 9.87 Å². The van der Waals surface area contributed by atoms with Crippen LogP contribution in [0.25, 0.3) is 0 Å². The van der Waals surface area contributed by atoms with E-state index in [2.05, 4.69) is 31.0 Å². The SMILES string of the molecule is Cc1ccc(S(=O)(=O)N(CC(=O)Nc2ccc(S(=O)(=O)Nc3ccccn3)cc2)c2cccc(Br)c2)cc1. The molecule has 1 aromatic heterocycles. The number of halogens is 1. The van der Waals surface area contributed by atoms with Crippen LogP contribution in [0.4, 0.5) is 17.2 Å². The minimum absolute atomic E-state index is 0.0288. The van der Waals surface area contributed by atoms with Gasteiger partial charge in [-0.1, -0.05) is 45.8 Å². The Kier molecular flexibility index (Phi) is 8.14. The van der Waals surface area contributed by atoms with E-state index in [1.807, 2.05) is 6.92 Å². The number of amides is 1. The number of carbonyl (C=O) groups is 1. The number of aryl methyl sites for hydroxylation is 1. The van der Waals surface area contributed by atoms with Gasteiger partial charge in [-0.25, -0.2) is 21.8 Å². The summed E-state index contributed by atoms with van der Waals surface area (Å²) in [5.74, 6) is -0.435. The van der Waals surface area contributed by atoms with Gasteiger partial charge in [-0.05, 0) is 73.7 Å². The summed E-state index contributed by atoms with van der Waals surface area (Å²) in [7, 11) is -7.96. The molecule has 4 aromatic rings. The summed E-state index contributed by atoms with van der Waals surface area (Å²) in [6, 6.07) is 23.3. The van der Waals surface area contributed by atoms with Crippen molar-refractivity contribution < 1.29 is 21.6 Å². The molecule has 0 atom stereocenters. The average Bonchev–Trinajstić information content (AvgIpc) is 2.88. The normalized spacial score (nSPS) is 11.5. The number of carbonyl (C=O) groups excluding carboxylic acids is 1. The first-order valence-corrected chi connectivity index (χ1v) is 14.9. The Morgan fingerprint density at radius 3 is 2.18 bits per heavy atom. The number of anilines is 3. The number of rotatable bonds is 9. The van der Waals surface area contributed by atoms with Crippen LogP contribution in [-0.2, 0) is 24.8 Å². The molecule has 0 spiro atoms. The van der Waals surface area contributed by atoms with E-state index in [-0.39, 0.29) is 15.6 Å². The lowest BCUT2D eigenvalue weighted by Crippen LogP contribution is -2.38. The third-order valence-corrected chi connectivity index (χ3v) is 9.00. The molecule has 0 saturated carbocycles. The number of aromatic nitrogens is 1. The van der Waals surface area contributed by atoms with Crippen molar-refractivity contribution in [3.63, 3.8) is 0 Å². The van der Waals surface area contributed by atoms with Crippen molar-refractivity contribution in [1.29, 1.82) is 0 Å². The largest absolute Gasteiger partial charge is 0.325 e. The van der Waals surface area contributed by atoms with E-state index in [1.54, 1.807) is 48.5 Å². The van der Waals surface area contributed by atoms with Gasteiger partial charge in [-0.3, -0.25) is 13.8 Å². The minimum atomic E-state index is -4.07. The molecular weight excluding hydrogens is 592 g/mol. The topological polar surface area (TPSA) is 126 Å². The second kappa shape index (κ2) is 11.3. The fourth-order valence-electron chi connectivity index (χ4n) is 3.45. The van der Waals surface area contributed by atoms with Crippen LogP contribution in [-0.4, -0.2) is 34.3 Å². The zero-order valence-corrected chi connectivity index (χ0v) is 23.3. The van der Waals surface area contributed by atoms with Crippen LogP contribution in [0.2, 0.25) is 0 Å². The molecule has 9 nitrogen and oxygen atoms in total. The average molecular weight is 616 g/mol. The lowest BCUT2D eigenvalue weighted by atomic mass is 10.2. The van der Waals surface area contributed by atoms with E-state index in [0.29, 0.717) is 15.8 Å². The first-order valence-electron chi connectivity index (χ1n) is 11.2. The summed E-state index contributed by atoms with van der Waals surface area (Å²) < 4.78 is 56.3. The maximum absolute atomic E-state index is 13.5. The summed E-state index contributed by atoms with van der Waals surface area (Å²) in [6.45, 7) is 1.34. The van der Waals surface area contributed by atoms with E-state index >= 15 is 0 Å². The quantitative estimate of drug-likeness (QED) is 0.279. The lowest BCUT2D eigenvalue weighted by Gasteiger charge is -2.24. The lowest BCUT2D eigenvalue weighted by molar-refractivity contribution is -0.114. The molecule has 3 aromatic carbocycles. The number of pyridine rings is 1. The molecule has 196 valence electrons. The smallest absolute Gasteiger partial charge is 0.264 e. The fourth-order valence-corrected chi connectivity index (χ4v) is 6.26. The maximum atomic E-state index is 13.5. The molecule has 4 rings (SSSR count). The van der Waals surface area contributed by atoms with E-state index in [9.17, 15) is 21.6 Å². The van der Waals surface area contributed by atoms with Gasteiger partial charge in [0.1, 0.15) is 12.4 Å². The van der Waals surface area contributed by atoms with Gasteiger partial charge in [-0.2, -0.15) is 0 Å². The highest BCUT2D eigenvalue weighted by Gasteiger charge is 2.27. The van der Waals surface area contributed by atoms with Crippen molar-refractivity contribution in [2.75, 3.05) is 20.9 Å². The molecule has 12 heteroatoms. The van der Waals surface area contributed by atoms with Gasteiger partial charge in [0.2, 0.25) is 5.91 Å². The van der Waals surface area contributed by atoms with Crippen LogP contribution < -0.4 is 14.3 Å². The van der Waals surface area contributed by atoms with Crippen LogP contribution in [0.1, 0.15) is 5.56 Å². The Morgan fingerprint density at radius 2 is 1.55 bits per heavy atom. The number of hydrogen-bond donors (Lipinski definition) is 2. The zero-order valence-electron chi connectivity index (χ0n) is 20.1. The second-order valence-corrected chi connectivity index (χ2v) is 12.7. The van der Waals surface area contributed by atoms with Gasteiger partial charge < -0.3 is 5.32 Å². The highest BCUT2D eigenvalue weighted by molar-refractivity contribution is 9.10. The van der Waals surface area contributed by atoms with Crippen LogP contribution >= 0.6 is 15.9 Å². The number of nitrogens with zero attached hydrogens (tertiary/aromatic N) is 2. The molecule has 0 bridgehead atoms. The Bertz CT molecular complexity index is 1650. The molecule has 0 fully saturated rings. The molecule has 0 unspecified atom stereocenters. The molecule has 2 N–H and O–H groups in total. The van der Waals surface area contributed by atoms with Crippen molar-refractivity contribution in [2.24, 2.45) is 0 Å². The molecule has 0 radical (unpaired) electrons. The standard InChI is InChI=1S/C26H23BrN4O5S2/c1-19-8-12-24(13-9-19)38(35,36)31(22-6-4-5-20(27)17-22)18-26(32)29-21-10-14-23(15-11-21)37(33,34)30-25-7-2-3-16-28-25/h2-17H,18H2,1H3,(H,28,30)(H,29,32). The molecule has 0 aliphatic carbocycles. The second-order valence-electron chi connectivity index (χ2n) is 8.20. The van der Waals surface area contributed by atoms with Crippen LogP contribution in [0.15, 0.2) is 111 Å². The highest BCUT2D eigenvalue weighted by Crippen LogP contribution is 2.27. The van der Waals surface area contributed by atoms with Crippen LogP contribution in [0, 0.1) is 6.92 Å². The third-order valence-electron chi connectivity index (χ3n) is 5.34. The number of benzene rings is 3. The van der Waals surface area contributed by atoms with E-state index in [4.69, 9.17) is 0 Å². The third kappa shape index (κ3) is 6.57. The van der Waals surface area contributed by atoms with Gasteiger partial charge in [0.15, 0.2) is 0 Å². The summed E-state index contributed by atoms with van der Waals surface area (Å²) >= 11 is 3.35. The highest BCUT2D eigenvalue weighted by atomic mass is 79.9. The Morgan fingerprint density at radius 1 is 0.868 bits per heavy atom. The summed E-state index contributed by atoms with van der Waals surface area (Å²) in [4.78, 5) is 16.9. The summed E-state index contributed by atoms with van der Waals surface area (Å²) in [6.07, 6.45) is 1.47. The van der Waals surface area contributed by atoms with Crippen LogP contribution in [0.5, 0.6) is 0 Å². The molecule has 0 saturated heterocycles. The summed E-state index contributed by atoms with van der Waals surface area (Å²) in [5, 5.41) is 2.63. The van der Waals surface area contributed by atoms with Crippen molar-refractivity contribution in [1.82, 2.24) is 4.98 Å². The first-order chi connectivity index (χ1) is 18.0. The van der Waals surface area contributed by atoms with Gasteiger partial charge in [0.25, 0.3) is 20.0 Å².